The van der Waals surface area contributed by atoms with E-state index in [2.05, 4.69) is 43.3 Å². The molecule has 0 saturated heterocycles. The lowest BCUT2D eigenvalue weighted by Crippen LogP contribution is -2.11. The second-order valence-corrected chi connectivity index (χ2v) is 6.58. The number of halogens is 1. The van der Waals surface area contributed by atoms with Gasteiger partial charge in [-0.3, -0.25) is 0 Å². The first-order valence-electron chi connectivity index (χ1n) is 6.77. The van der Waals surface area contributed by atoms with Crippen LogP contribution in [0, 0.1) is 0 Å². The van der Waals surface area contributed by atoms with Crippen LogP contribution in [0.2, 0.25) is 5.02 Å². The van der Waals surface area contributed by atoms with Crippen LogP contribution in [-0.4, -0.2) is 26.1 Å². The van der Waals surface area contributed by atoms with Crippen molar-refractivity contribution in [2.45, 2.75) is 17.2 Å². The van der Waals surface area contributed by atoms with Gasteiger partial charge in [-0.1, -0.05) is 29.8 Å². The maximum absolute atomic E-state index is 6.13. The van der Waals surface area contributed by atoms with E-state index in [9.17, 15) is 0 Å². The fraction of sp³-hybridized carbons (Fsp3) is 0.294. The normalized spacial score (nSPS) is 10.9. The third-order valence-electron chi connectivity index (χ3n) is 3.07. The highest BCUT2D eigenvalue weighted by Crippen LogP contribution is 2.30. The van der Waals surface area contributed by atoms with E-state index < -0.39 is 0 Å². The van der Waals surface area contributed by atoms with Crippen LogP contribution in [0.1, 0.15) is 11.1 Å². The van der Waals surface area contributed by atoms with Gasteiger partial charge in [-0.2, -0.15) is 0 Å². The Morgan fingerprint density at radius 3 is 2.43 bits per heavy atom. The van der Waals surface area contributed by atoms with Gasteiger partial charge in [0.25, 0.3) is 0 Å². The smallest absolute Gasteiger partial charge is 0.118 e. The van der Waals surface area contributed by atoms with E-state index in [1.165, 1.54) is 16.0 Å². The van der Waals surface area contributed by atoms with E-state index in [0.717, 1.165) is 23.1 Å². The molecule has 0 fully saturated rings. The standard InChI is InChI=1S/C17H20ClNOS/c1-19(2)11-14-6-7-15(18)10-17(14)21-12-13-4-8-16(20-3)9-5-13/h4-10H,11-12H2,1-3H3. The van der Waals surface area contributed by atoms with Gasteiger partial charge < -0.3 is 9.64 Å². The minimum absolute atomic E-state index is 0.787. The Labute approximate surface area is 136 Å². The van der Waals surface area contributed by atoms with Gasteiger partial charge in [0, 0.05) is 22.2 Å². The maximum Gasteiger partial charge on any atom is 0.118 e. The summed E-state index contributed by atoms with van der Waals surface area (Å²) in [6, 6.07) is 14.3. The first-order chi connectivity index (χ1) is 10.1. The number of ether oxygens (including phenoxy) is 1. The highest BCUT2D eigenvalue weighted by Gasteiger charge is 2.06. The van der Waals surface area contributed by atoms with Crippen LogP contribution in [0.5, 0.6) is 5.75 Å². The molecule has 0 amide bonds. The zero-order valence-corrected chi connectivity index (χ0v) is 14.2. The molecule has 2 nitrogen and oxygen atoms in total. The van der Waals surface area contributed by atoms with Crippen LogP contribution >= 0.6 is 23.4 Å². The zero-order valence-electron chi connectivity index (χ0n) is 12.6. The summed E-state index contributed by atoms with van der Waals surface area (Å²) in [6.45, 7) is 0.919. The topological polar surface area (TPSA) is 12.5 Å². The monoisotopic (exact) mass is 321 g/mol. The number of benzene rings is 2. The number of hydrogen-bond donors (Lipinski definition) is 0. The summed E-state index contributed by atoms with van der Waals surface area (Å²) in [5, 5.41) is 0.787. The largest absolute Gasteiger partial charge is 0.497 e. The number of nitrogens with zero attached hydrogens (tertiary/aromatic N) is 1. The third kappa shape index (κ3) is 4.95. The van der Waals surface area contributed by atoms with E-state index in [0.29, 0.717) is 0 Å². The molecule has 0 radical (unpaired) electrons. The van der Waals surface area contributed by atoms with Crippen LogP contribution in [0.25, 0.3) is 0 Å². The summed E-state index contributed by atoms with van der Waals surface area (Å²) in [5.74, 6) is 1.81. The molecule has 4 heteroatoms. The lowest BCUT2D eigenvalue weighted by atomic mass is 10.2. The van der Waals surface area contributed by atoms with Crippen LogP contribution in [0.3, 0.4) is 0 Å². The molecule has 0 aromatic heterocycles. The molecule has 0 aliphatic carbocycles. The Bertz CT molecular complexity index is 584. The average Bonchev–Trinajstić information content (AvgIpc) is 2.47. The average molecular weight is 322 g/mol. The number of rotatable bonds is 6. The van der Waals surface area contributed by atoms with Gasteiger partial charge in [0.1, 0.15) is 5.75 Å². The molecule has 0 N–H and O–H groups in total. The highest BCUT2D eigenvalue weighted by molar-refractivity contribution is 7.98. The Balaban J connectivity index is 2.08. The molecule has 112 valence electrons. The Morgan fingerprint density at radius 2 is 1.81 bits per heavy atom. The fourth-order valence-electron chi connectivity index (χ4n) is 2.02. The van der Waals surface area contributed by atoms with Crippen LogP contribution in [-0.2, 0) is 12.3 Å². The van der Waals surface area contributed by atoms with E-state index in [-0.39, 0.29) is 0 Å². The predicted octanol–water partition coefficient (Wildman–Crippen LogP) is 4.70. The van der Waals surface area contributed by atoms with Crippen molar-refractivity contribution in [1.82, 2.24) is 4.90 Å². The Kier molecular flexibility index (Phi) is 5.97. The minimum Gasteiger partial charge on any atom is -0.497 e. The van der Waals surface area contributed by atoms with Gasteiger partial charge >= 0.3 is 0 Å². The Morgan fingerprint density at radius 1 is 1.10 bits per heavy atom. The van der Waals surface area contributed by atoms with Crippen LogP contribution < -0.4 is 4.74 Å². The third-order valence-corrected chi connectivity index (χ3v) is 4.47. The van der Waals surface area contributed by atoms with Crippen molar-refractivity contribution in [2.75, 3.05) is 21.2 Å². The van der Waals surface area contributed by atoms with Crippen molar-refractivity contribution in [2.24, 2.45) is 0 Å². The van der Waals surface area contributed by atoms with Gasteiger partial charge in [-0.05, 0) is 49.5 Å². The van der Waals surface area contributed by atoms with Gasteiger partial charge in [-0.15, -0.1) is 11.8 Å². The lowest BCUT2D eigenvalue weighted by Gasteiger charge is -2.14. The molecule has 0 atom stereocenters. The van der Waals surface area contributed by atoms with E-state index in [1.807, 2.05) is 30.0 Å². The quantitative estimate of drug-likeness (QED) is 0.715. The molecule has 0 heterocycles. The van der Waals surface area contributed by atoms with Crippen molar-refractivity contribution in [3.8, 4) is 5.75 Å². The molecule has 0 spiro atoms. The second kappa shape index (κ2) is 7.74. The Hall–Kier alpha value is -1.16. The highest BCUT2D eigenvalue weighted by atomic mass is 35.5. The lowest BCUT2D eigenvalue weighted by molar-refractivity contribution is 0.399. The molecular formula is C17H20ClNOS. The second-order valence-electron chi connectivity index (χ2n) is 5.13. The van der Waals surface area contributed by atoms with E-state index >= 15 is 0 Å². The number of hydrogen-bond acceptors (Lipinski definition) is 3. The van der Waals surface area contributed by atoms with Gasteiger partial charge in [0.2, 0.25) is 0 Å². The van der Waals surface area contributed by atoms with Crippen LogP contribution in [0.15, 0.2) is 47.4 Å². The molecule has 0 unspecified atom stereocenters. The van der Waals surface area contributed by atoms with Crippen molar-refractivity contribution < 1.29 is 4.74 Å². The molecule has 0 aliphatic rings. The molecule has 0 bridgehead atoms. The summed E-state index contributed by atoms with van der Waals surface area (Å²) in [4.78, 5) is 3.41. The summed E-state index contributed by atoms with van der Waals surface area (Å²) in [6.07, 6.45) is 0. The van der Waals surface area contributed by atoms with Crippen molar-refractivity contribution in [3.05, 3.63) is 58.6 Å². The number of methoxy groups -OCH3 is 1. The minimum atomic E-state index is 0.787. The van der Waals surface area contributed by atoms with Crippen molar-refractivity contribution in [3.63, 3.8) is 0 Å². The molecule has 21 heavy (non-hydrogen) atoms. The van der Waals surface area contributed by atoms with Crippen LogP contribution in [0.4, 0.5) is 0 Å². The number of thioether (sulfide) groups is 1. The molecule has 2 rings (SSSR count). The molecular weight excluding hydrogens is 302 g/mol. The molecule has 0 aliphatic heterocycles. The first kappa shape index (κ1) is 16.2. The molecule has 2 aromatic carbocycles. The first-order valence-corrected chi connectivity index (χ1v) is 8.13. The summed E-state index contributed by atoms with van der Waals surface area (Å²) >= 11 is 7.95. The van der Waals surface area contributed by atoms with Crippen molar-refractivity contribution >= 4 is 23.4 Å². The van der Waals surface area contributed by atoms with Gasteiger partial charge in [0.15, 0.2) is 0 Å². The van der Waals surface area contributed by atoms with Crippen molar-refractivity contribution in [1.29, 1.82) is 0 Å². The predicted molar refractivity (Wildman–Crippen MR) is 91.4 cm³/mol. The van der Waals surface area contributed by atoms with Gasteiger partial charge in [-0.25, -0.2) is 0 Å². The summed E-state index contributed by atoms with van der Waals surface area (Å²) < 4.78 is 5.18. The zero-order chi connectivity index (χ0) is 15.2. The molecule has 0 saturated carbocycles. The van der Waals surface area contributed by atoms with E-state index in [4.69, 9.17) is 16.3 Å². The summed E-state index contributed by atoms with van der Waals surface area (Å²) in [7, 11) is 5.84. The summed E-state index contributed by atoms with van der Waals surface area (Å²) in [5.41, 5.74) is 2.58. The SMILES string of the molecule is COc1ccc(CSc2cc(Cl)ccc2CN(C)C)cc1. The fourth-order valence-corrected chi connectivity index (χ4v) is 3.30. The molecule has 2 aromatic rings. The maximum atomic E-state index is 6.13. The van der Waals surface area contributed by atoms with Gasteiger partial charge in [0.05, 0.1) is 7.11 Å². The van der Waals surface area contributed by atoms with E-state index in [1.54, 1.807) is 7.11 Å².